The summed E-state index contributed by atoms with van der Waals surface area (Å²) < 4.78 is 5.48. The number of morpholine rings is 1. The lowest BCUT2D eigenvalue weighted by Gasteiger charge is -2.33. The molecule has 8 heteroatoms. The quantitative estimate of drug-likeness (QED) is 0.425. The Kier molecular flexibility index (Phi) is 8.83. The molecular formula is C30H37N5O3. The Morgan fingerprint density at radius 1 is 1.03 bits per heavy atom. The molecule has 2 N–H and O–H groups in total. The van der Waals surface area contributed by atoms with E-state index in [-0.39, 0.29) is 17.9 Å². The fourth-order valence-corrected chi connectivity index (χ4v) is 5.47. The second kappa shape index (κ2) is 12.8. The van der Waals surface area contributed by atoms with Crippen molar-refractivity contribution in [2.45, 2.75) is 44.2 Å². The molecule has 3 heterocycles. The second-order valence-electron chi connectivity index (χ2n) is 10.1. The number of pyridine rings is 1. The summed E-state index contributed by atoms with van der Waals surface area (Å²) in [5.74, 6) is -0.310. The molecule has 200 valence electrons. The Hall–Kier alpha value is -3.49. The maximum Gasteiger partial charge on any atom is 0.271 e. The number of aromatic nitrogens is 2. The number of nitrogens with zero attached hydrogens (tertiary/aromatic N) is 3. The van der Waals surface area contributed by atoms with Crippen molar-refractivity contribution in [3.05, 3.63) is 78.2 Å². The molecule has 1 aliphatic carbocycles. The largest absolute Gasteiger partial charge is 0.379 e. The third kappa shape index (κ3) is 6.49. The highest BCUT2D eigenvalue weighted by Crippen LogP contribution is 2.27. The smallest absolute Gasteiger partial charge is 0.271 e. The van der Waals surface area contributed by atoms with Gasteiger partial charge in [-0.1, -0.05) is 43.2 Å². The molecule has 2 amide bonds. The Bertz CT molecular complexity index is 1170. The highest BCUT2D eigenvalue weighted by atomic mass is 16.5. The van der Waals surface area contributed by atoms with Gasteiger partial charge in [0.2, 0.25) is 5.91 Å². The summed E-state index contributed by atoms with van der Waals surface area (Å²) in [5, 5.41) is 3.24. The molecule has 1 aromatic carbocycles. The van der Waals surface area contributed by atoms with Crippen LogP contribution >= 0.6 is 0 Å². The number of ether oxygens (including phenoxy) is 1. The van der Waals surface area contributed by atoms with Gasteiger partial charge in [-0.2, -0.15) is 0 Å². The molecule has 2 aromatic heterocycles. The number of carbonyl (C=O) groups is 2. The van der Waals surface area contributed by atoms with Crippen LogP contribution in [0, 0.1) is 0 Å². The van der Waals surface area contributed by atoms with Gasteiger partial charge in [0.1, 0.15) is 11.7 Å². The minimum absolute atomic E-state index is 0.127. The number of amides is 2. The van der Waals surface area contributed by atoms with Crippen LogP contribution in [0.5, 0.6) is 0 Å². The first-order valence-corrected chi connectivity index (χ1v) is 13.7. The normalized spacial score (nSPS) is 17.3. The Balaban J connectivity index is 1.42. The van der Waals surface area contributed by atoms with E-state index in [1.54, 1.807) is 17.3 Å². The van der Waals surface area contributed by atoms with Gasteiger partial charge >= 0.3 is 0 Å². The Morgan fingerprint density at radius 3 is 2.50 bits per heavy atom. The summed E-state index contributed by atoms with van der Waals surface area (Å²) in [7, 11) is 0. The summed E-state index contributed by atoms with van der Waals surface area (Å²) in [4.78, 5) is 39.5. The number of H-pyrrole nitrogens is 1. The van der Waals surface area contributed by atoms with Crippen molar-refractivity contribution in [2.24, 2.45) is 0 Å². The van der Waals surface area contributed by atoms with Crippen molar-refractivity contribution in [2.75, 3.05) is 39.4 Å². The van der Waals surface area contributed by atoms with E-state index >= 15 is 0 Å². The predicted octanol–water partition coefficient (Wildman–Crippen LogP) is 4.04. The molecule has 2 fully saturated rings. The van der Waals surface area contributed by atoms with Crippen molar-refractivity contribution < 1.29 is 14.3 Å². The van der Waals surface area contributed by atoms with Gasteiger partial charge in [0.05, 0.1) is 13.2 Å². The van der Waals surface area contributed by atoms with Gasteiger partial charge in [-0.25, -0.2) is 0 Å². The van der Waals surface area contributed by atoms with Crippen molar-refractivity contribution >= 4 is 11.8 Å². The number of hydrogen-bond acceptors (Lipinski definition) is 5. The zero-order valence-corrected chi connectivity index (χ0v) is 21.9. The van der Waals surface area contributed by atoms with E-state index in [0.29, 0.717) is 12.2 Å². The van der Waals surface area contributed by atoms with E-state index in [2.05, 4.69) is 20.2 Å². The van der Waals surface area contributed by atoms with E-state index in [9.17, 15) is 9.59 Å². The summed E-state index contributed by atoms with van der Waals surface area (Å²) in [5.41, 5.74) is 3.13. The molecule has 5 rings (SSSR count). The summed E-state index contributed by atoms with van der Waals surface area (Å²) in [6.45, 7) is 4.55. The molecule has 1 unspecified atom stereocenters. The average Bonchev–Trinajstić information content (AvgIpc) is 3.67. The minimum Gasteiger partial charge on any atom is -0.379 e. The lowest BCUT2D eigenvalue weighted by atomic mass is 10.0. The molecule has 38 heavy (non-hydrogen) atoms. The van der Waals surface area contributed by atoms with Crippen molar-refractivity contribution in [1.82, 2.24) is 25.1 Å². The minimum atomic E-state index is -0.737. The molecule has 3 aromatic rings. The first-order valence-electron chi connectivity index (χ1n) is 13.7. The fourth-order valence-electron chi connectivity index (χ4n) is 5.47. The third-order valence-corrected chi connectivity index (χ3v) is 7.52. The number of hydrogen-bond donors (Lipinski definition) is 2. The number of rotatable bonds is 10. The van der Waals surface area contributed by atoms with Crippen molar-refractivity contribution in [1.29, 1.82) is 0 Å². The fraction of sp³-hybridized carbons (Fsp3) is 0.433. The molecule has 0 bridgehead atoms. The van der Waals surface area contributed by atoms with Crippen molar-refractivity contribution in [3.63, 3.8) is 0 Å². The van der Waals surface area contributed by atoms with Gasteiger partial charge in [0, 0.05) is 50.3 Å². The van der Waals surface area contributed by atoms with Crippen LogP contribution in [0.25, 0.3) is 11.3 Å². The molecule has 1 atom stereocenters. The first kappa shape index (κ1) is 26.1. The van der Waals surface area contributed by atoms with Gasteiger partial charge in [-0.05, 0) is 54.7 Å². The van der Waals surface area contributed by atoms with E-state index in [0.717, 1.165) is 81.8 Å². The zero-order valence-electron chi connectivity index (χ0n) is 21.9. The van der Waals surface area contributed by atoms with E-state index in [4.69, 9.17) is 4.74 Å². The van der Waals surface area contributed by atoms with E-state index in [1.165, 1.54) is 0 Å². The van der Waals surface area contributed by atoms with Crippen LogP contribution in [0.15, 0.2) is 67.0 Å². The van der Waals surface area contributed by atoms with Crippen LogP contribution in [-0.2, 0) is 9.53 Å². The highest BCUT2D eigenvalue weighted by molar-refractivity contribution is 5.97. The lowest BCUT2D eigenvalue weighted by Crippen LogP contribution is -2.47. The Morgan fingerprint density at radius 2 is 1.76 bits per heavy atom. The number of benzene rings is 1. The first-order chi connectivity index (χ1) is 18.7. The summed E-state index contributed by atoms with van der Waals surface area (Å²) >= 11 is 0. The lowest BCUT2D eigenvalue weighted by molar-refractivity contribution is -0.126. The van der Waals surface area contributed by atoms with Gasteiger partial charge in [-0.15, -0.1) is 0 Å². The number of nitrogens with one attached hydrogen (secondary N) is 2. The highest BCUT2D eigenvalue weighted by Gasteiger charge is 2.34. The van der Waals surface area contributed by atoms with Crippen LogP contribution in [0.2, 0.25) is 0 Å². The van der Waals surface area contributed by atoms with E-state index < -0.39 is 6.04 Å². The van der Waals surface area contributed by atoms with Crippen LogP contribution in [0.4, 0.5) is 0 Å². The van der Waals surface area contributed by atoms with Crippen LogP contribution in [0.3, 0.4) is 0 Å². The zero-order chi connectivity index (χ0) is 26.2. The topological polar surface area (TPSA) is 90.6 Å². The van der Waals surface area contributed by atoms with Gasteiger partial charge in [0.25, 0.3) is 5.91 Å². The van der Waals surface area contributed by atoms with Gasteiger partial charge in [0.15, 0.2) is 0 Å². The molecule has 0 radical (unpaired) electrons. The van der Waals surface area contributed by atoms with Crippen molar-refractivity contribution in [3.8, 4) is 11.3 Å². The standard InChI is InChI=1S/C30H37N5O3/c36-29(32-25-9-4-5-10-25)28(24-13-15-31-16-14-24)35(18-6-17-34-19-21-38-22-20-34)30(37)27-12-11-26(33-27)23-7-2-1-3-8-23/h1-3,7-8,11-16,25,28,33H,4-6,9-10,17-22H2,(H,32,36). The summed E-state index contributed by atoms with van der Waals surface area (Å²) in [6.07, 6.45) is 8.34. The monoisotopic (exact) mass is 515 g/mol. The predicted molar refractivity (Wildman–Crippen MR) is 147 cm³/mol. The number of carbonyl (C=O) groups excluding carboxylic acids is 2. The maximum absolute atomic E-state index is 14.1. The molecule has 1 saturated heterocycles. The summed E-state index contributed by atoms with van der Waals surface area (Å²) in [6, 6.07) is 16.8. The van der Waals surface area contributed by atoms with Crippen LogP contribution in [0.1, 0.15) is 54.2 Å². The average molecular weight is 516 g/mol. The molecule has 8 nitrogen and oxygen atoms in total. The maximum atomic E-state index is 14.1. The van der Waals surface area contributed by atoms with Gasteiger partial charge < -0.3 is 19.9 Å². The molecular weight excluding hydrogens is 478 g/mol. The number of aromatic amines is 1. The van der Waals surface area contributed by atoms with Crippen LogP contribution in [-0.4, -0.2) is 77.0 Å². The second-order valence-corrected chi connectivity index (χ2v) is 10.1. The molecule has 0 spiro atoms. The van der Waals surface area contributed by atoms with E-state index in [1.807, 2.05) is 54.6 Å². The van der Waals surface area contributed by atoms with Crippen LogP contribution < -0.4 is 5.32 Å². The Labute approximate surface area is 224 Å². The molecule has 1 aliphatic heterocycles. The SMILES string of the molecule is O=C(NC1CCCC1)C(c1ccncc1)N(CCCN1CCOCC1)C(=O)c1ccc(-c2ccccc2)[nH]1. The molecule has 1 saturated carbocycles. The third-order valence-electron chi connectivity index (χ3n) is 7.52. The molecule has 2 aliphatic rings. The van der Waals surface area contributed by atoms with Gasteiger partial charge in [-0.3, -0.25) is 19.5 Å².